The van der Waals surface area contributed by atoms with E-state index in [1.807, 2.05) is 30.3 Å². The van der Waals surface area contributed by atoms with Gasteiger partial charge in [-0.25, -0.2) is 4.39 Å². The van der Waals surface area contributed by atoms with Gasteiger partial charge in [0, 0.05) is 19.4 Å². The van der Waals surface area contributed by atoms with Gasteiger partial charge in [0.05, 0.1) is 0 Å². The number of ether oxygens (including phenoxy) is 1. The maximum Gasteiger partial charge on any atom is 0.220 e. The first kappa shape index (κ1) is 16.7. The van der Waals surface area contributed by atoms with Gasteiger partial charge in [0.15, 0.2) is 5.78 Å². The fraction of sp³-hybridized carbons (Fsp3) is 0.222. The van der Waals surface area contributed by atoms with Crippen LogP contribution in [0.25, 0.3) is 0 Å². The third-order valence-electron chi connectivity index (χ3n) is 3.18. The van der Waals surface area contributed by atoms with Crippen LogP contribution in [0, 0.1) is 5.82 Å². The van der Waals surface area contributed by atoms with Crippen molar-refractivity contribution in [3.05, 3.63) is 66.0 Å². The molecule has 0 saturated heterocycles. The summed E-state index contributed by atoms with van der Waals surface area (Å²) in [5.41, 5.74) is 1.01. The number of nitrogens with one attached hydrogen (secondary N) is 1. The highest BCUT2D eigenvalue weighted by molar-refractivity contribution is 5.85. The summed E-state index contributed by atoms with van der Waals surface area (Å²) in [7, 11) is 0. The van der Waals surface area contributed by atoms with E-state index in [2.05, 4.69) is 5.32 Å². The van der Waals surface area contributed by atoms with Gasteiger partial charge in [-0.1, -0.05) is 30.3 Å². The molecule has 4 nitrogen and oxygen atoms in total. The molecule has 0 atom stereocenters. The summed E-state index contributed by atoms with van der Waals surface area (Å²) >= 11 is 0. The van der Waals surface area contributed by atoms with Gasteiger partial charge in [-0.15, -0.1) is 0 Å². The van der Waals surface area contributed by atoms with Gasteiger partial charge in [-0.05, 0) is 29.8 Å². The maximum atomic E-state index is 12.7. The van der Waals surface area contributed by atoms with Crippen molar-refractivity contribution < 1.29 is 18.7 Å². The van der Waals surface area contributed by atoms with Crippen molar-refractivity contribution in [3.63, 3.8) is 0 Å². The fourth-order valence-corrected chi connectivity index (χ4v) is 1.90. The summed E-state index contributed by atoms with van der Waals surface area (Å²) in [6, 6.07) is 15.0. The van der Waals surface area contributed by atoms with E-state index in [0.29, 0.717) is 12.3 Å². The van der Waals surface area contributed by atoms with E-state index in [4.69, 9.17) is 4.74 Å². The van der Waals surface area contributed by atoms with Gasteiger partial charge < -0.3 is 10.1 Å². The van der Waals surface area contributed by atoms with Crippen LogP contribution in [-0.4, -0.2) is 18.3 Å². The number of rotatable bonds is 8. The second-order valence-corrected chi connectivity index (χ2v) is 5.04. The van der Waals surface area contributed by atoms with Crippen LogP contribution in [0.1, 0.15) is 18.4 Å². The summed E-state index contributed by atoms with van der Waals surface area (Å²) in [6.45, 7) is 0.317. The van der Waals surface area contributed by atoms with Crippen molar-refractivity contribution in [2.24, 2.45) is 0 Å². The molecular weight excluding hydrogens is 297 g/mol. The first-order valence-corrected chi connectivity index (χ1v) is 7.34. The summed E-state index contributed by atoms with van der Waals surface area (Å²) in [4.78, 5) is 23.4. The molecule has 2 aromatic carbocycles. The summed E-state index contributed by atoms with van der Waals surface area (Å²) in [5, 5.41) is 2.76. The van der Waals surface area contributed by atoms with Crippen molar-refractivity contribution in [3.8, 4) is 5.75 Å². The summed E-state index contributed by atoms with van der Waals surface area (Å²) in [5.74, 6) is -0.291. The highest BCUT2D eigenvalue weighted by atomic mass is 19.1. The van der Waals surface area contributed by atoms with Gasteiger partial charge in [0.1, 0.15) is 18.2 Å². The Labute approximate surface area is 134 Å². The van der Waals surface area contributed by atoms with E-state index in [1.165, 1.54) is 24.3 Å². The highest BCUT2D eigenvalue weighted by Crippen LogP contribution is 2.11. The van der Waals surface area contributed by atoms with E-state index in [9.17, 15) is 14.0 Å². The molecule has 1 N–H and O–H groups in total. The number of benzene rings is 2. The lowest BCUT2D eigenvalue weighted by Gasteiger charge is -2.06. The summed E-state index contributed by atoms with van der Waals surface area (Å²) < 4.78 is 18.0. The van der Waals surface area contributed by atoms with Gasteiger partial charge in [0.2, 0.25) is 5.91 Å². The van der Waals surface area contributed by atoms with Crippen LogP contribution < -0.4 is 10.1 Å². The van der Waals surface area contributed by atoms with E-state index in [0.717, 1.165) is 5.56 Å². The first-order valence-electron chi connectivity index (χ1n) is 7.34. The molecule has 0 unspecified atom stereocenters. The van der Waals surface area contributed by atoms with Crippen LogP contribution in [0.3, 0.4) is 0 Å². The zero-order valence-corrected chi connectivity index (χ0v) is 12.6. The van der Waals surface area contributed by atoms with Crippen LogP contribution in [0.4, 0.5) is 4.39 Å². The van der Waals surface area contributed by atoms with Gasteiger partial charge in [0.25, 0.3) is 0 Å². The Balaban J connectivity index is 1.63. The molecule has 0 radical (unpaired) electrons. The molecule has 0 bridgehead atoms. The Morgan fingerprint density at radius 1 is 0.957 bits per heavy atom. The highest BCUT2D eigenvalue weighted by Gasteiger charge is 2.08. The molecule has 120 valence electrons. The Morgan fingerprint density at radius 3 is 2.35 bits per heavy atom. The third-order valence-corrected chi connectivity index (χ3v) is 3.18. The van der Waals surface area contributed by atoms with Crippen LogP contribution in [0.5, 0.6) is 5.75 Å². The average Bonchev–Trinajstić information content (AvgIpc) is 2.58. The number of carbonyl (C=O) groups excluding carboxylic acids is 2. The zero-order chi connectivity index (χ0) is 16.5. The third kappa shape index (κ3) is 6.30. The monoisotopic (exact) mass is 315 g/mol. The van der Waals surface area contributed by atoms with Crippen LogP contribution in [0.2, 0.25) is 0 Å². The second-order valence-electron chi connectivity index (χ2n) is 5.04. The number of hydrogen-bond acceptors (Lipinski definition) is 3. The molecule has 0 spiro atoms. The minimum atomic E-state index is -0.362. The molecule has 0 aliphatic heterocycles. The molecular formula is C18H18FNO3. The van der Waals surface area contributed by atoms with Crippen molar-refractivity contribution in [1.29, 1.82) is 0 Å². The lowest BCUT2D eigenvalue weighted by Crippen LogP contribution is -2.24. The standard InChI is InChI=1S/C18H18FNO3/c19-15-6-9-17(10-7-15)23-13-16(21)8-11-18(22)20-12-14-4-2-1-3-5-14/h1-7,9-10H,8,11-13H2,(H,20,22). The van der Waals surface area contributed by atoms with Gasteiger partial charge in [-0.3, -0.25) is 9.59 Å². The number of carbonyl (C=O) groups is 2. The quantitative estimate of drug-likeness (QED) is 0.815. The SMILES string of the molecule is O=C(CCC(=O)NCc1ccccc1)COc1ccc(F)cc1. The molecule has 0 fully saturated rings. The van der Waals surface area contributed by atoms with Crippen molar-refractivity contribution in [2.75, 3.05) is 6.61 Å². The molecule has 5 heteroatoms. The predicted octanol–water partition coefficient (Wildman–Crippen LogP) is 2.87. The van der Waals surface area contributed by atoms with Crippen LogP contribution in [-0.2, 0) is 16.1 Å². The molecule has 23 heavy (non-hydrogen) atoms. The zero-order valence-electron chi connectivity index (χ0n) is 12.6. The minimum Gasteiger partial charge on any atom is -0.486 e. The molecule has 0 aliphatic rings. The normalized spacial score (nSPS) is 10.1. The molecule has 0 aromatic heterocycles. The van der Waals surface area contributed by atoms with Crippen LogP contribution in [0.15, 0.2) is 54.6 Å². The molecule has 0 aliphatic carbocycles. The largest absolute Gasteiger partial charge is 0.486 e. The topological polar surface area (TPSA) is 55.4 Å². The van der Waals surface area contributed by atoms with Gasteiger partial charge >= 0.3 is 0 Å². The van der Waals surface area contributed by atoms with E-state index in [-0.39, 0.29) is 37.0 Å². The predicted molar refractivity (Wildman–Crippen MR) is 84.4 cm³/mol. The molecule has 0 heterocycles. The molecule has 2 rings (SSSR count). The van der Waals surface area contributed by atoms with Crippen LogP contribution >= 0.6 is 0 Å². The first-order chi connectivity index (χ1) is 11.1. The average molecular weight is 315 g/mol. The second kappa shape index (κ2) is 8.68. The Bertz CT molecular complexity index is 641. The number of amides is 1. The number of ketones is 1. The van der Waals surface area contributed by atoms with E-state index >= 15 is 0 Å². The number of Topliss-reactive ketones (excluding diaryl/α,β-unsaturated/α-hetero) is 1. The van der Waals surface area contributed by atoms with Crippen molar-refractivity contribution in [1.82, 2.24) is 5.32 Å². The number of halogens is 1. The lowest BCUT2D eigenvalue weighted by molar-refractivity contribution is -0.126. The Hall–Kier alpha value is -2.69. The van der Waals surface area contributed by atoms with Crippen molar-refractivity contribution in [2.45, 2.75) is 19.4 Å². The number of hydrogen-bond donors (Lipinski definition) is 1. The minimum absolute atomic E-state index is 0.113. The maximum absolute atomic E-state index is 12.7. The van der Waals surface area contributed by atoms with Gasteiger partial charge in [-0.2, -0.15) is 0 Å². The molecule has 0 saturated carbocycles. The smallest absolute Gasteiger partial charge is 0.220 e. The Kier molecular flexibility index (Phi) is 6.29. The van der Waals surface area contributed by atoms with E-state index in [1.54, 1.807) is 0 Å². The molecule has 2 aromatic rings. The van der Waals surface area contributed by atoms with E-state index < -0.39 is 0 Å². The molecule has 1 amide bonds. The Morgan fingerprint density at radius 2 is 1.65 bits per heavy atom. The lowest BCUT2D eigenvalue weighted by atomic mass is 10.2. The van der Waals surface area contributed by atoms with Crippen molar-refractivity contribution >= 4 is 11.7 Å². The summed E-state index contributed by atoms with van der Waals surface area (Å²) in [6.07, 6.45) is 0.236. The fourth-order valence-electron chi connectivity index (χ4n) is 1.90.